The maximum atomic E-state index is 13.6. The Bertz CT molecular complexity index is 1080. The number of rotatable bonds is 4. The first-order chi connectivity index (χ1) is 16.4. The summed E-state index contributed by atoms with van der Waals surface area (Å²) < 4.78 is 0. The van der Waals surface area contributed by atoms with Crippen LogP contribution in [0.3, 0.4) is 0 Å². The standard InChI is InChI=1S/C26H31ClN4O3/c27-22-14-19(17-2-4-18(5-3-17)23(28)33)15-29-24(22)30-12-1-10-26(16-30)11-13-31(25(26)34)20-6-8-21(32)9-7-20/h2-5,14-15,20-21,32H,1,6-13,16H2,(H2,28,33)/t20-,21+,26-/m0/s1. The molecule has 3 N–H and O–H groups in total. The number of aromatic nitrogens is 1. The number of pyridine rings is 1. The highest BCUT2D eigenvalue weighted by Gasteiger charge is 2.51. The number of hydrogen-bond donors (Lipinski definition) is 2. The Morgan fingerprint density at radius 2 is 1.82 bits per heavy atom. The summed E-state index contributed by atoms with van der Waals surface area (Å²) in [5.41, 5.74) is 7.18. The van der Waals surface area contributed by atoms with Crippen molar-refractivity contribution >= 4 is 29.2 Å². The summed E-state index contributed by atoms with van der Waals surface area (Å²) in [7, 11) is 0. The molecule has 8 heteroatoms. The Morgan fingerprint density at radius 1 is 1.09 bits per heavy atom. The maximum Gasteiger partial charge on any atom is 0.248 e. The van der Waals surface area contributed by atoms with E-state index in [2.05, 4.69) is 14.8 Å². The second-order valence-electron chi connectivity index (χ2n) is 9.99. The summed E-state index contributed by atoms with van der Waals surface area (Å²) in [6.07, 6.45) is 7.61. The van der Waals surface area contributed by atoms with Gasteiger partial charge in [0.1, 0.15) is 5.82 Å². The summed E-state index contributed by atoms with van der Waals surface area (Å²) in [5, 5.41) is 10.4. The molecule has 7 nitrogen and oxygen atoms in total. The molecule has 5 rings (SSSR count). The van der Waals surface area contributed by atoms with Gasteiger partial charge < -0.3 is 20.6 Å². The lowest BCUT2D eigenvalue weighted by Gasteiger charge is -2.41. The first-order valence-corrected chi connectivity index (χ1v) is 12.5. The van der Waals surface area contributed by atoms with E-state index in [1.165, 1.54) is 0 Å². The van der Waals surface area contributed by atoms with Crippen LogP contribution in [-0.2, 0) is 4.79 Å². The van der Waals surface area contributed by atoms with Crippen LogP contribution in [-0.4, -0.2) is 58.6 Å². The summed E-state index contributed by atoms with van der Waals surface area (Å²) in [5.74, 6) is 0.518. The van der Waals surface area contributed by atoms with E-state index in [1.54, 1.807) is 18.3 Å². The predicted molar refractivity (Wildman–Crippen MR) is 132 cm³/mol. The largest absolute Gasteiger partial charge is 0.393 e. The summed E-state index contributed by atoms with van der Waals surface area (Å²) in [6.45, 7) is 2.26. The van der Waals surface area contributed by atoms with E-state index < -0.39 is 5.91 Å². The number of aliphatic hydroxyl groups excluding tert-OH is 1. The lowest BCUT2D eigenvalue weighted by molar-refractivity contribution is -0.139. The van der Waals surface area contributed by atoms with Crippen molar-refractivity contribution in [2.24, 2.45) is 11.1 Å². The molecule has 3 heterocycles. The Morgan fingerprint density at radius 3 is 2.50 bits per heavy atom. The highest BCUT2D eigenvalue weighted by Crippen LogP contribution is 2.44. The Kier molecular flexibility index (Phi) is 6.25. The third-order valence-corrected chi connectivity index (χ3v) is 8.13. The minimum absolute atomic E-state index is 0.217. The number of hydrogen-bond acceptors (Lipinski definition) is 5. The molecule has 1 saturated carbocycles. The van der Waals surface area contributed by atoms with Crippen LogP contribution < -0.4 is 10.6 Å². The van der Waals surface area contributed by atoms with Gasteiger partial charge in [-0.05, 0) is 68.7 Å². The zero-order valence-corrected chi connectivity index (χ0v) is 20.0. The van der Waals surface area contributed by atoms with E-state index in [4.69, 9.17) is 17.3 Å². The molecule has 1 aliphatic carbocycles. The van der Waals surface area contributed by atoms with Crippen molar-refractivity contribution in [3.63, 3.8) is 0 Å². The number of piperidine rings is 1. The fraction of sp³-hybridized carbons (Fsp3) is 0.500. The molecular formula is C26H31ClN4O3. The summed E-state index contributed by atoms with van der Waals surface area (Å²) in [6, 6.07) is 9.20. The third kappa shape index (κ3) is 4.27. The molecule has 0 unspecified atom stereocenters. The van der Waals surface area contributed by atoms with E-state index in [1.807, 2.05) is 18.2 Å². The number of aliphatic hydroxyl groups is 1. The molecule has 2 aliphatic heterocycles. The number of carbonyl (C=O) groups excluding carboxylic acids is 2. The average Bonchev–Trinajstić information content (AvgIpc) is 3.14. The number of amides is 2. The van der Waals surface area contributed by atoms with Crippen molar-refractivity contribution < 1.29 is 14.7 Å². The monoisotopic (exact) mass is 482 g/mol. The minimum Gasteiger partial charge on any atom is -0.393 e. The van der Waals surface area contributed by atoms with Crippen LogP contribution in [0.1, 0.15) is 55.3 Å². The molecule has 1 aromatic carbocycles. The fourth-order valence-electron chi connectivity index (χ4n) is 5.91. The van der Waals surface area contributed by atoms with E-state index in [0.717, 1.165) is 69.2 Å². The van der Waals surface area contributed by atoms with Gasteiger partial charge in [0.25, 0.3) is 0 Å². The highest BCUT2D eigenvalue weighted by atomic mass is 35.5. The van der Waals surface area contributed by atoms with Crippen molar-refractivity contribution in [2.75, 3.05) is 24.5 Å². The first kappa shape index (κ1) is 23.1. The van der Waals surface area contributed by atoms with Gasteiger partial charge in [0.05, 0.1) is 16.5 Å². The van der Waals surface area contributed by atoms with Gasteiger partial charge in [-0.15, -0.1) is 0 Å². The summed E-state index contributed by atoms with van der Waals surface area (Å²) in [4.78, 5) is 33.8. The first-order valence-electron chi connectivity index (χ1n) is 12.2. The van der Waals surface area contributed by atoms with Crippen LogP contribution in [0.4, 0.5) is 5.82 Å². The predicted octanol–water partition coefficient (Wildman–Crippen LogP) is 3.62. The molecular weight excluding hydrogens is 452 g/mol. The number of likely N-dealkylation sites (tertiary alicyclic amines) is 1. The van der Waals surface area contributed by atoms with Crippen LogP contribution in [0.25, 0.3) is 11.1 Å². The molecule has 3 fully saturated rings. The second kappa shape index (κ2) is 9.19. The van der Waals surface area contributed by atoms with Crippen molar-refractivity contribution in [1.29, 1.82) is 0 Å². The molecule has 1 spiro atoms. The molecule has 3 aliphatic rings. The number of benzene rings is 1. The average molecular weight is 483 g/mol. The highest BCUT2D eigenvalue weighted by molar-refractivity contribution is 6.33. The van der Waals surface area contributed by atoms with Crippen LogP contribution in [0.2, 0.25) is 5.02 Å². The van der Waals surface area contributed by atoms with Gasteiger partial charge in [0, 0.05) is 43.0 Å². The van der Waals surface area contributed by atoms with Crippen LogP contribution in [0.15, 0.2) is 36.5 Å². The van der Waals surface area contributed by atoms with Crippen LogP contribution >= 0.6 is 11.6 Å². The summed E-state index contributed by atoms with van der Waals surface area (Å²) >= 11 is 6.69. The van der Waals surface area contributed by atoms with Gasteiger partial charge in [-0.3, -0.25) is 9.59 Å². The third-order valence-electron chi connectivity index (χ3n) is 7.85. The van der Waals surface area contributed by atoms with Gasteiger partial charge >= 0.3 is 0 Å². The quantitative estimate of drug-likeness (QED) is 0.693. The van der Waals surface area contributed by atoms with Crippen molar-refractivity contribution in [2.45, 2.75) is 57.1 Å². The van der Waals surface area contributed by atoms with Gasteiger partial charge in [0.15, 0.2) is 0 Å². The van der Waals surface area contributed by atoms with Gasteiger partial charge in [-0.2, -0.15) is 0 Å². The number of anilines is 1. The molecule has 1 aromatic heterocycles. The number of halogens is 1. The molecule has 1 atom stereocenters. The molecule has 0 radical (unpaired) electrons. The van der Waals surface area contributed by atoms with E-state index >= 15 is 0 Å². The van der Waals surface area contributed by atoms with Gasteiger partial charge in [-0.1, -0.05) is 23.7 Å². The zero-order chi connectivity index (χ0) is 23.9. The Balaban J connectivity index is 1.32. The van der Waals surface area contributed by atoms with E-state index in [0.29, 0.717) is 22.9 Å². The molecule has 2 aromatic rings. The van der Waals surface area contributed by atoms with Crippen LogP contribution in [0, 0.1) is 5.41 Å². The number of nitrogens with two attached hydrogens (primary N) is 1. The normalized spacial score (nSPS) is 27.4. The SMILES string of the molecule is NC(=O)c1ccc(-c2cnc(N3CCC[C@]4(CCN([C@H]5CC[C@@H](O)CC5)C4=O)C3)c(Cl)c2)cc1. The van der Waals surface area contributed by atoms with E-state index in [-0.39, 0.29) is 23.5 Å². The minimum atomic E-state index is -0.460. The lowest BCUT2D eigenvalue weighted by Crippen LogP contribution is -2.50. The van der Waals surface area contributed by atoms with Crippen molar-refractivity contribution in [3.8, 4) is 11.1 Å². The second-order valence-corrected chi connectivity index (χ2v) is 10.4. The Labute approximate surface area is 204 Å². The fourth-order valence-corrected chi connectivity index (χ4v) is 6.19. The lowest BCUT2D eigenvalue weighted by atomic mass is 9.78. The molecule has 34 heavy (non-hydrogen) atoms. The molecule has 2 saturated heterocycles. The Hall–Kier alpha value is -2.64. The van der Waals surface area contributed by atoms with Crippen molar-refractivity contribution in [3.05, 3.63) is 47.1 Å². The topological polar surface area (TPSA) is 99.8 Å². The number of nitrogens with zero attached hydrogens (tertiary/aromatic N) is 3. The molecule has 0 bridgehead atoms. The maximum absolute atomic E-state index is 13.6. The van der Waals surface area contributed by atoms with Crippen molar-refractivity contribution in [1.82, 2.24) is 9.88 Å². The molecule has 2 amide bonds. The zero-order valence-electron chi connectivity index (χ0n) is 19.3. The smallest absolute Gasteiger partial charge is 0.248 e. The van der Waals surface area contributed by atoms with E-state index in [9.17, 15) is 14.7 Å². The van der Waals surface area contributed by atoms with Crippen LogP contribution in [0.5, 0.6) is 0 Å². The van der Waals surface area contributed by atoms with Gasteiger partial charge in [-0.25, -0.2) is 4.98 Å². The molecule has 180 valence electrons. The number of primary amides is 1. The number of carbonyl (C=O) groups is 2. The van der Waals surface area contributed by atoms with Gasteiger partial charge in [0.2, 0.25) is 11.8 Å².